The summed E-state index contributed by atoms with van der Waals surface area (Å²) < 4.78 is 2.16. The predicted molar refractivity (Wildman–Crippen MR) is 81.8 cm³/mol. The predicted octanol–water partition coefficient (Wildman–Crippen LogP) is 1.71. The lowest BCUT2D eigenvalue weighted by Crippen LogP contribution is -2.21. The summed E-state index contributed by atoms with van der Waals surface area (Å²) in [5.41, 5.74) is 2.48. The maximum absolute atomic E-state index is 4.24. The Morgan fingerprint density at radius 3 is 2.81 bits per heavy atom. The molecule has 0 amide bonds. The number of nitrogens with zero attached hydrogens (tertiary/aromatic N) is 5. The quantitative estimate of drug-likeness (QED) is 0.775. The molecule has 0 aliphatic heterocycles. The van der Waals surface area contributed by atoms with Crippen LogP contribution in [0.5, 0.6) is 0 Å². The second kappa shape index (κ2) is 5.65. The van der Waals surface area contributed by atoms with E-state index in [1.807, 2.05) is 0 Å². The summed E-state index contributed by atoms with van der Waals surface area (Å²) in [7, 11) is 1.78. The van der Waals surface area contributed by atoms with Gasteiger partial charge in [0.2, 0.25) is 0 Å². The van der Waals surface area contributed by atoms with Crippen molar-refractivity contribution in [3.63, 3.8) is 0 Å². The minimum Gasteiger partial charge on any atom is -0.340 e. The van der Waals surface area contributed by atoms with Gasteiger partial charge in [-0.3, -0.25) is 0 Å². The van der Waals surface area contributed by atoms with Crippen molar-refractivity contribution in [3.8, 4) is 0 Å². The first-order valence-electron chi connectivity index (χ1n) is 7.16. The zero-order valence-corrected chi connectivity index (χ0v) is 12.6. The van der Waals surface area contributed by atoms with Gasteiger partial charge in [-0.15, -0.1) is 10.2 Å². The van der Waals surface area contributed by atoms with Gasteiger partial charge in [-0.05, 0) is 28.3 Å². The van der Waals surface area contributed by atoms with Crippen LogP contribution in [0.15, 0.2) is 30.5 Å². The van der Waals surface area contributed by atoms with E-state index in [1.54, 1.807) is 7.05 Å². The van der Waals surface area contributed by atoms with Crippen LogP contribution in [0.1, 0.15) is 25.2 Å². The van der Waals surface area contributed by atoms with Crippen LogP contribution in [0, 0.1) is 0 Å². The fraction of sp³-hybridized carbons (Fsp3) is 0.400. The Kier molecular flexibility index (Phi) is 3.70. The summed E-state index contributed by atoms with van der Waals surface area (Å²) >= 11 is 0. The van der Waals surface area contributed by atoms with E-state index in [2.05, 4.69) is 69.6 Å². The third-order valence-electron chi connectivity index (χ3n) is 3.41. The highest BCUT2D eigenvalue weighted by molar-refractivity contribution is 5.80. The molecule has 0 atom stereocenters. The van der Waals surface area contributed by atoms with Crippen molar-refractivity contribution < 1.29 is 0 Å². The van der Waals surface area contributed by atoms with Gasteiger partial charge in [0.15, 0.2) is 5.82 Å². The third kappa shape index (κ3) is 3.11. The zero-order chi connectivity index (χ0) is 14.8. The fourth-order valence-corrected chi connectivity index (χ4v) is 2.34. The molecule has 0 radical (unpaired) electrons. The van der Waals surface area contributed by atoms with E-state index in [-0.39, 0.29) is 0 Å². The van der Waals surface area contributed by atoms with Crippen molar-refractivity contribution in [1.29, 1.82) is 0 Å². The number of hydrogen-bond acceptors (Lipinski definition) is 4. The molecule has 0 unspecified atom stereocenters. The van der Waals surface area contributed by atoms with Crippen LogP contribution < -0.4 is 5.32 Å². The van der Waals surface area contributed by atoms with Crippen molar-refractivity contribution in [3.05, 3.63) is 41.9 Å². The van der Waals surface area contributed by atoms with Crippen molar-refractivity contribution in [2.75, 3.05) is 0 Å². The molecule has 2 aromatic heterocycles. The molecule has 1 aromatic carbocycles. The fourth-order valence-electron chi connectivity index (χ4n) is 2.34. The Morgan fingerprint density at radius 1 is 1.24 bits per heavy atom. The molecule has 3 aromatic rings. The molecule has 0 saturated heterocycles. The van der Waals surface area contributed by atoms with Crippen LogP contribution in [0.2, 0.25) is 0 Å². The van der Waals surface area contributed by atoms with E-state index in [9.17, 15) is 0 Å². The number of rotatable bonds is 5. The van der Waals surface area contributed by atoms with Gasteiger partial charge in [-0.1, -0.05) is 26.0 Å². The average Bonchev–Trinajstić information content (AvgIpc) is 3.04. The maximum Gasteiger partial charge on any atom is 0.194 e. The number of fused-ring (bicyclic) bond motifs is 1. The molecule has 0 aliphatic carbocycles. The molecule has 0 fully saturated rings. The first-order valence-corrected chi connectivity index (χ1v) is 7.16. The highest BCUT2D eigenvalue weighted by Crippen LogP contribution is 2.18. The van der Waals surface area contributed by atoms with E-state index in [0.717, 1.165) is 12.4 Å². The normalized spacial score (nSPS) is 11.6. The lowest BCUT2D eigenvalue weighted by molar-refractivity contribution is 0.589. The lowest BCUT2D eigenvalue weighted by Gasteiger charge is -2.09. The van der Waals surface area contributed by atoms with Crippen LogP contribution in [0.4, 0.5) is 0 Å². The summed E-state index contributed by atoms with van der Waals surface area (Å²) in [5, 5.41) is 16.8. The Balaban J connectivity index is 1.86. The highest BCUT2D eigenvalue weighted by atomic mass is 15.6. The summed E-state index contributed by atoms with van der Waals surface area (Å²) in [6.07, 6.45) is 2.07. The Bertz CT molecular complexity index is 740. The van der Waals surface area contributed by atoms with E-state index in [1.165, 1.54) is 21.3 Å². The topological polar surface area (TPSA) is 60.6 Å². The molecule has 0 saturated carbocycles. The van der Waals surface area contributed by atoms with Crippen LogP contribution in [0.25, 0.3) is 10.9 Å². The summed E-state index contributed by atoms with van der Waals surface area (Å²) in [6.45, 7) is 5.82. The average molecular weight is 284 g/mol. The van der Waals surface area contributed by atoms with E-state index in [4.69, 9.17) is 0 Å². The molecule has 3 rings (SSSR count). The van der Waals surface area contributed by atoms with Crippen molar-refractivity contribution in [2.24, 2.45) is 7.05 Å². The third-order valence-corrected chi connectivity index (χ3v) is 3.41. The van der Waals surface area contributed by atoms with Gasteiger partial charge < -0.3 is 9.88 Å². The minimum atomic E-state index is 0.483. The molecule has 0 aliphatic rings. The second-order valence-electron chi connectivity index (χ2n) is 5.57. The summed E-state index contributed by atoms with van der Waals surface area (Å²) in [5.74, 6) is 0.723. The van der Waals surface area contributed by atoms with E-state index in [0.29, 0.717) is 12.6 Å². The molecule has 2 heterocycles. The molecule has 21 heavy (non-hydrogen) atoms. The van der Waals surface area contributed by atoms with E-state index >= 15 is 0 Å². The SMILES string of the molecule is CC(C)NCc1ccc2ccn(Cc3nnn(C)n3)c2c1. The monoisotopic (exact) mass is 284 g/mol. The molecule has 6 heteroatoms. The van der Waals surface area contributed by atoms with Gasteiger partial charge in [-0.25, -0.2) is 0 Å². The van der Waals surface area contributed by atoms with Gasteiger partial charge in [-0.2, -0.15) is 4.80 Å². The van der Waals surface area contributed by atoms with Gasteiger partial charge >= 0.3 is 0 Å². The molecule has 1 N–H and O–H groups in total. The maximum atomic E-state index is 4.24. The van der Waals surface area contributed by atoms with Crippen molar-refractivity contribution >= 4 is 10.9 Å². The van der Waals surface area contributed by atoms with Crippen LogP contribution in [0.3, 0.4) is 0 Å². The van der Waals surface area contributed by atoms with Gasteiger partial charge in [0.05, 0.1) is 13.6 Å². The largest absolute Gasteiger partial charge is 0.340 e. The zero-order valence-electron chi connectivity index (χ0n) is 12.6. The smallest absolute Gasteiger partial charge is 0.194 e. The molecule has 0 spiro atoms. The summed E-state index contributed by atoms with van der Waals surface area (Å²) in [6, 6.07) is 9.15. The standard InChI is InChI=1S/C15H20N6/c1-11(2)16-9-12-4-5-13-6-7-21(14(13)8-12)10-15-17-19-20(3)18-15/h4-8,11,16H,9-10H2,1-3H3. The molecular weight excluding hydrogens is 264 g/mol. The van der Waals surface area contributed by atoms with Crippen molar-refractivity contribution in [1.82, 2.24) is 30.1 Å². The van der Waals surface area contributed by atoms with Crippen LogP contribution in [-0.2, 0) is 20.1 Å². The number of benzene rings is 1. The Morgan fingerprint density at radius 2 is 2.10 bits per heavy atom. The van der Waals surface area contributed by atoms with Crippen molar-refractivity contribution in [2.45, 2.75) is 33.0 Å². The van der Waals surface area contributed by atoms with Crippen LogP contribution >= 0.6 is 0 Å². The number of aromatic nitrogens is 5. The van der Waals surface area contributed by atoms with Gasteiger partial charge in [0.25, 0.3) is 0 Å². The minimum absolute atomic E-state index is 0.483. The van der Waals surface area contributed by atoms with E-state index < -0.39 is 0 Å². The number of aryl methyl sites for hydroxylation is 1. The van der Waals surface area contributed by atoms with Gasteiger partial charge in [0.1, 0.15) is 0 Å². The Labute approximate surface area is 123 Å². The summed E-state index contributed by atoms with van der Waals surface area (Å²) in [4.78, 5) is 1.49. The molecular formula is C15H20N6. The van der Waals surface area contributed by atoms with Gasteiger partial charge in [0, 0.05) is 24.3 Å². The van der Waals surface area contributed by atoms with Crippen LogP contribution in [-0.4, -0.2) is 30.8 Å². The number of nitrogens with one attached hydrogen (secondary N) is 1. The number of hydrogen-bond donors (Lipinski definition) is 1. The Hall–Kier alpha value is -2.21. The highest BCUT2D eigenvalue weighted by Gasteiger charge is 2.06. The first-order chi connectivity index (χ1) is 10.1. The molecule has 110 valence electrons. The first kappa shape index (κ1) is 13.8. The lowest BCUT2D eigenvalue weighted by atomic mass is 10.1. The second-order valence-corrected chi connectivity index (χ2v) is 5.57. The molecule has 6 nitrogen and oxygen atoms in total. The molecule has 0 bridgehead atoms. The number of tetrazole rings is 1.